The number of likely N-dealkylation sites (N-methyl/N-ethyl adjacent to an activating group) is 1. The number of Topliss-reactive ketones (excluding diaryl/α,β-unsaturated/α-hetero) is 1. The van der Waals surface area contributed by atoms with E-state index in [0.29, 0.717) is 70.3 Å². The third kappa shape index (κ3) is 17.0. The predicted molar refractivity (Wildman–Crippen MR) is 371 cm³/mol. The van der Waals surface area contributed by atoms with Crippen LogP contribution < -0.4 is 5.32 Å². The Hall–Kier alpha value is -8.01. The lowest BCUT2D eigenvalue weighted by Gasteiger charge is -2.44. The fraction of sp³-hybridized carbons (Fsp3) is 0.356. The highest BCUT2D eigenvalue weighted by Crippen LogP contribution is 2.33. The number of piperazine rings is 3. The van der Waals surface area contributed by atoms with Crippen LogP contribution in [0.1, 0.15) is 99.7 Å². The highest BCUT2D eigenvalue weighted by molar-refractivity contribution is 6.45. The molecule has 22 heteroatoms. The maximum absolute atomic E-state index is 13.7. The molecule has 3 aliphatic rings. The van der Waals surface area contributed by atoms with Crippen LogP contribution in [0.25, 0.3) is 32.7 Å². The number of carbonyl (C=O) groups excluding carboxylic acids is 4. The Morgan fingerprint density at radius 2 is 0.874 bits per heavy atom. The van der Waals surface area contributed by atoms with Crippen LogP contribution >= 0.6 is 34.8 Å². The maximum Gasteiger partial charge on any atom is 0.337 e. The first kappa shape index (κ1) is 71.3. The molecular weight excluding hydrogens is 1280 g/mol. The second kappa shape index (κ2) is 30.8. The largest absolute Gasteiger partial charge is 0.478 e. The molecule has 3 saturated heterocycles. The Labute approximate surface area is 567 Å². The van der Waals surface area contributed by atoms with Gasteiger partial charge in [-0.15, -0.1) is 0 Å². The van der Waals surface area contributed by atoms with Crippen LogP contribution in [0, 0.1) is 17.5 Å². The molecule has 502 valence electrons. The van der Waals surface area contributed by atoms with Gasteiger partial charge in [0, 0.05) is 176 Å². The Morgan fingerprint density at radius 1 is 0.484 bits per heavy atom. The van der Waals surface area contributed by atoms with Gasteiger partial charge in [-0.2, -0.15) is 0 Å². The lowest BCUT2D eigenvalue weighted by molar-refractivity contribution is -0.124. The van der Waals surface area contributed by atoms with E-state index in [4.69, 9.17) is 39.9 Å². The summed E-state index contributed by atoms with van der Waals surface area (Å²) >= 11 is 18.9. The zero-order valence-corrected chi connectivity index (χ0v) is 57.7. The molecule has 3 aliphatic heterocycles. The van der Waals surface area contributed by atoms with Crippen molar-refractivity contribution >= 4 is 97.0 Å². The molecule has 3 amide bonds. The Balaban J connectivity index is 0.000000159. The number of benzene rings is 6. The number of rotatable bonds is 11. The SMILES string of the molecule is C[C@@H]1CN(Cc2ccc(F)cc2)[C@@H](C)CN1.C[C@@H]1CN(Cc2ccc(F)cc2)[C@@H](C)CN1C(=O)c1cc2c(C(=O)C(=O)N(C)C)cn(C)c2cc1Cl.C[C@@H]1CN(Cc2ccc(F)cc2)[C@@H](C)CN1C(=O)c1cc2ccn(C)c2cc1Cl.Cn1ccc2cc(C(=O)O)c(Cl)cc21. The number of carbonyl (C=O) groups is 5. The Morgan fingerprint density at radius 3 is 1.29 bits per heavy atom. The van der Waals surface area contributed by atoms with E-state index in [1.165, 1.54) is 61.0 Å². The van der Waals surface area contributed by atoms with E-state index in [1.54, 1.807) is 59.1 Å². The summed E-state index contributed by atoms with van der Waals surface area (Å²) in [6.45, 7) is 19.6. The zero-order chi connectivity index (χ0) is 68.9. The monoisotopic (exact) mass is 1360 g/mol. The first-order valence-corrected chi connectivity index (χ1v) is 32.8. The molecule has 6 heterocycles. The molecule has 0 unspecified atom stereocenters. The van der Waals surface area contributed by atoms with Crippen LogP contribution in [-0.4, -0.2) is 167 Å². The molecule has 16 nitrogen and oxygen atoms in total. The summed E-state index contributed by atoms with van der Waals surface area (Å²) in [6.07, 6.45) is 5.43. The number of carboxylic acid groups (broad SMARTS) is 1. The molecule has 3 aromatic heterocycles. The molecule has 0 spiro atoms. The molecule has 0 aliphatic carbocycles. The molecule has 0 saturated carbocycles. The van der Waals surface area contributed by atoms with Gasteiger partial charge in [-0.1, -0.05) is 71.2 Å². The smallest absolute Gasteiger partial charge is 0.337 e. The van der Waals surface area contributed by atoms with Gasteiger partial charge in [0.25, 0.3) is 23.5 Å². The lowest BCUT2D eigenvalue weighted by Crippen LogP contribution is -2.57. The van der Waals surface area contributed by atoms with Crippen LogP contribution in [0.3, 0.4) is 0 Å². The van der Waals surface area contributed by atoms with E-state index in [9.17, 15) is 37.1 Å². The standard InChI is InChI=1S/C27H30ClFN4O3.C23H25ClFN3O.C13H19FN2.C10H8ClNO2/c1-16-13-33(17(2)12-32(16)14-18-6-8-19(29)9-7-18)26(35)21-10-20-22(25(34)27(36)30(3)4)15-31(5)24(20)11-23(21)28;1-15-13-28(16(2)12-27(15)14-17-4-6-19(25)7-5-17)23(29)20-10-18-8-9-26(3)22(18)11-21(20)24;1-10-8-16(11(2)7-15-10)9-12-3-5-13(14)6-4-12;1-12-3-2-6-4-7(10(13)14)8(11)5-9(6)12/h6-11,15-17H,12-14H2,1-5H3;4-11,15-16H,12-14H2,1-3H3;3-6,10-11,15H,7-9H2,1-2H3;2-5H,1H3,(H,13,14)/t16-,17+;15-,16+;10-,11+;/m001./s1. The number of amides is 3. The predicted octanol–water partition coefficient (Wildman–Crippen LogP) is 13.2. The van der Waals surface area contributed by atoms with Gasteiger partial charge < -0.3 is 38.8 Å². The molecule has 0 radical (unpaired) electrons. The van der Waals surface area contributed by atoms with Crippen molar-refractivity contribution in [3.8, 4) is 0 Å². The van der Waals surface area contributed by atoms with Gasteiger partial charge in [0.15, 0.2) is 0 Å². The highest BCUT2D eigenvalue weighted by atomic mass is 35.5. The van der Waals surface area contributed by atoms with Crippen molar-refractivity contribution in [1.82, 2.24) is 48.4 Å². The highest BCUT2D eigenvalue weighted by Gasteiger charge is 2.36. The fourth-order valence-corrected chi connectivity index (χ4v) is 13.2. The van der Waals surface area contributed by atoms with E-state index in [1.807, 2.05) is 96.0 Å². The summed E-state index contributed by atoms with van der Waals surface area (Å²) < 4.78 is 44.8. The number of carboxylic acids is 1. The van der Waals surface area contributed by atoms with Crippen molar-refractivity contribution in [2.24, 2.45) is 21.1 Å². The minimum Gasteiger partial charge on any atom is -0.478 e. The van der Waals surface area contributed by atoms with Crippen molar-refractivity contribution in [2.75, 3.05) is 53.4 Å². The number of halogens is 6. The number of nitrogens with one attached hydrogen (secondary N) is 1. The van der Waals surface area contributed by atoms with Crippen molar-refractivity contribution in [3.63, 3.8) is 0 Å². The average Bonchev–Trinajstić information content (AvgIpc) is 1.73. The van der Waals surface area contributed by atoms with Crippen LogP contribution in [0.4, 0.5) is 13.2 Å². The lowest BCUT2D eigenvalue weighted by atomic mass is 10.0. The third-order valence-corrected chi connectivity index (χ3v) is 19.0. The summed E-state index contributed by atoms with van der Waals surface area (Å²) in [6, 6.07) is 35.4. The maximum atomic E-state index is 13.7. The van der Waals surface area contributed by atoms with Gasteiger partial charge >= 0.3 is 5.97 Å². The van der Waals surface area contributed by atoms with Crippen molar-refractivity contribution in [2.45, 2.75) is 97.4 Å². The van der Waals surface area contributed by atoms with Crippen molar-refractivity contribution in [3.05, 3.63) is 211 Å². The van der Waals surface area contributed by atoms with Crippen LogP contribution in [0.15, 0.2) is 140 Å². The molecule has 6 aromatic carbocycles. The topological polar surface area (TPSA) is 152 Å². The number of aryl methyl sites for hydroxylation is 3. The second-order valence-electron chi connectivity index (χ2n) is 25.6. The zero-order valence-electron chi connectivity index (χ0n) is 55.4. The van der Waals surface area contributed by atoms with Crippen molar-refractivity contribution in [1.29, 1.82) is 0 Å². The number of hydrogen-bond donors (Lipinski definition) is 2. The number of aromatic nitrogens is 3. The van der Waals surface area contributed by atoms with E-state index in [0.717, 1.165) is 65.7 Å². The number of fused-ring (bicyclic) bond motifs is 3. The summed E-state index contributed by atoms with van der Waals surface area (Å²) in [4.78, 5) is 74.9. The fourth-order valence-electron chi connectivity index (χ4n) is 12.5. The average molecular weight is 1360 g/mol. The number of ketones is 1. The van der Waals surface area contributed by atoms with Gasteiger partial charge in [0.05, 0.1) is 42.8 Å². The minimum absolute atomic E-state index is 0.0264. The summed E-state index contributed by atoms with van der Waals surface area (Å²) in [5.74, 6) is -3.17. The first-order chi connectivity index (χ1) is 45.0. The van der Waals surface area contributed by atoms with Gasteiger partial charge in [0.1, 0.15) is 17.5 Å². The van der Waals surface area contributed by atoms with E-state index >= 15 is 0 Å². The molecule has 95 heavy (non-hydrogen) atoms. The van der Waals surface area contributed by atoms with Gasteiger partial charge in [-0.3, -0.25) is 33.9 Å². The Kier molecular flexibility index (Phi) is 23.1. The second-order valence-corrected chi connectivity index (χ2v) is 26.8. The molecule has 6 atom stereocenters. The van der Waals surface area contributed by atoms with E-state index in [2.05, 4.69) is 54.6 Å². The number of aromatic carboxylic acids is 1. The van der Waals surface area contributed by atoms with E-state index < -0.39 is 17.7 Å². The molecule has 12 rings (SSSR count). The molecule has 2 N–H and O–H groups in total. The van der Waals surface area contributed by atoms with Gasteiger partial charge in [-0.05, 0) is 143 Å². The number of nitrogens with zero attached hydrogens (tertiary/aromatic N) is 9. The quantitative estimate of drug-likeness (QED) is 0.0946. The van der Waals surface area contributed by atoms with E-state index in [-0.39, 0.29) is 69.6 Å². The summed E-state index contributed by atoms with van der Waals surface area (Å²) in [5, 5.41) is 15.8. The minimum atomic E-state index is -0.999. The Bertz CT molecular complexity index is 4250. The molecule has 9 aromatic rings. The van der Waals surface area contributed by atoms with Crippen LogP contribution in [0.2, 0.25) is 15.1 Å². The normalized spacial score (nSPS) is 19.3. The molecule has 0 bridgehead atoms. The number of hydrogen-bond acceptors (Lipinski definition) is 9. The van der Waals surface area contributed by atoms with Crippen molar-refractivity contribution < 1.29 is 42.3 Å². The molecular formula is C73H82Cl3F3N10O6. The summed E-state index contributed by atoms with van der Waals surface area (Å²) in [5.41, 5.74) is 7.11. The first-order valence-electron chi connectivity index (χ1n) is 31.6. The van der Waals surface area contributed by atoms with Gasteiger partial charge in [0.2, 0.25) is 0 Å². The third-order valence-electron chi connectivity index (χ3n) is 18.1. The van der Waals surface area contributed by atoms with Gasteiger partial charge in [-0.25, -0.2) is 18.0 Å². The summed E-state index contributed by atoms with van der Waals surface area (Å²) in [7, 11) is 8.66. The molecule has 3 fully saturated rings. The van der Waals surface area contributed by atoms with Crippen LogP contribution in [0.5, 0.6) is 0 Å². The van der Waals surface area contributed by atoms with Crippen LogP contribution in [-0.2, 0) is 45.6 Å².